The third kappa shape index (κ3) is 5.83. The zero-order valence-corrected chi connectivity index (χ0v) is 20.9. The molecule has 2 aromatic rings. The van der Waals surface area contributed by atoms with Gasteiger partial charge in [0, 0.05) is 30.5 Å². The summed E-state index contributed by atoms with van der Waals surface area (Å²) in [5, 5.41) is 2.31. The van der Waals surface area contributed by atoms with Crippen molar-refractivity contribution in [3.63, 3.8) is 0 Å². The Kier molecular flexibility index (Phi) is 7.87. The van der Waals surface area contributed by atoms with Crippen LogP contribution in [0.5, 0.6) is 0 Å². The number of imide groups is 1. The van der Waals surface area contributed by atoms with Crippen LogP contribution in [0.2, 0.25) is 0 Å². The summed E-state index contributed by atoms with van der Waals surface area (Å²) in [5.74, 6) is 5.30. The van der Waals surface area contributed by atoms with E-state index in [2.05, 4.69) is 17.2 Å². The maximum atomic E-state index is 12.9. The van der Waals surface area contributed by atoms with E-state index in [1.54, 1.807) is 24.3 Å². The maximum absolute atomic E-state index is 12.9. The van der Waals surface area contributed by atoms with Crippen molar-refractivity contribution < 1.29 is 27.0 Å². The van der Waals surface area contributed by atoms with Gasteiger partial charge in [0.25, 0.3) is 16.0 Å². The van der Waals surface area contributed by atoms with E-state index in [0.717, 1.165) is 29.5 Å². The van der Waals surface area contributed by atoms with Crippen molar-refractivity contribution in [2.45, 2.75) is 62.9 Å². The molecule has 1 atom stereocenters. The second kappa shape index (κ2) is 11.1. The number of nitrogens with one attached hydrogen (secondary N) is 1. The topological polar surface area (TPSA) is 110 Å². The van der Waals surface area contributed by atoms with Crippen LogP contribution in [0.15, 0.2) is 47.4 Å². The summed E-state index contributed by atoms with van der Waals surface area (Å²) in [6, 6.07) is 11.3. The number of nitrogens with zero attached hydrogens (tertiary/aromatic N) is 1. The quantitative estimate of drug-likeness (QED) is 0.254. The van der Waals surface area contributed by atoms with E-state index >= 15 is 0 Å². The van der Waals surface area contributed by atoms with Gasteiger partial charge in [0.05, 0.1) is 11.5 Å². The number of carbonyl (C=O) groups excluding carboxylic acids is 3. The van der Waals surface area contributed by atoms with Crippen LogP contribution in [0.1, 0.15) is 65.6 Å². The van der Waals surface area contributed by atoms with Crippen LogP contribution in [0, 0.1) is 18.8 Å². The van der Waals surface area contributed by atoms with Crippen molar-refractivity contribution >= 4 is 27.8 Å². The second-order valence-electron chi connectivity index (χ2n) is 8.93. The van der Waals surface area contributed by atoms with Crippen LogP contribution in [-0.4, -0.2) is 43.7 Å². The molecular formula is C27H28N2O6S. The lowest BCUT2D eigenvalue weighted by molar-refractivity contribution is -0.136. The molecule has 1 unspecified atom stereocenters. The number of piperidine rings is 1. The Morgan fingerprint density at radius 1 is 1.06 bits per heavy atom. The minimum atomic E-state index is -3.74. The Morgan fingerprint density at radius 3 is 2.58 bits per heavy atom. The number of carbonyl (C=O) groups is 3. The molecule has 1 saturated heterocycles. The molecule has 9 heteroatoms. The van der Waals surface area contributed by atoms with Gasteiger partial charge in [0.2, 0.25) is 11.8 Å². The Hall–Kier alpha value is -3.48. The third-order valence-corrected chi connectivity index (χ3v) is 7.63. The number of hydrogen-bond donors (Lipinski definition) is 1. The number of aryl methyl sites for hydroxylation is 1. The van der Waals surface area contributed by atoms with E-state index in [1.807, 2.05) is 13.0 Å². The van der Waals surface area contributed by atoms with Gasteiger partial charge in [-0.2, -0.15) is 8.42 Å². The molecule has 2 aliphatic heterocycles. The lowest BCUT2D eigenvalue weighted by atomic mass is 10.0. The van der Waals surface area contributed by atoms with Crippen molar-refractivity contribution in [2.24, 2.45) is 0 Å². The average Bonchev–Trinajstić information content (AvgIpc) is 3.18. The monoisotopic (exact) mass is 508 g/mol. The Morgan fingerprint density at radius 2 is 1.83 bits per heavy atom. The van der Waals surface area contributed by atoms with Gasteiger partial charge in [-0.15, -0.1) is 0 Å². The van der Waals surface area contributed by atoms with Crippen molar-refractivity contribution in [1.82, 2.24) is 10.2 Å². The standard InChI is InChI=1S/C27H28N2O6S/c1-19-11-13-21(14-12-19)36(33,34)35-17-6-4-2-3-5-8-20-9-7-10-22-23(20)18-29(27(22)32)24-15-16-25(30)28-26(24)31/h7,9-14,24H,2-4,6,15-18H2,1H3,(H,28,30,31). The first-order valence-electron chi connectivity index (χ1n) is 12.0. The van der Waals surface area contributed by atoms with Gasteiger partial charge in [-0.25, -0.2) is 0 Å². The van der Waals surface area contributed by atoms with Gasteiger partial charge in [0.15, 0.2) is 0 Å². The van der Waals surface area contributed by atoms with E-state index in [1.165, 1.54) is 17.0 Å². The van der Waals surface area contributed by atoms with Crippen LogP contribution in [-0.2, 0) is 30.4 Å². The normalized spacial score (nSPS) is 17.4. The zero-order valence-electron chi connectivity index (χ0n) is 20.1. The minimum absolute atomic E-state index is 0.119. The van der Waals surface area contributed by atoms with Crippen molar-refractivity contribution in [2.75, 3.05) is 6.61 Å². The minimum Gasteiger partial charge on any atom is -0.322 e. The van der Waals surface area contributed by atoms with Gasteiger partial charge >= 0.3 is 0 Å². The number of hydrogen-bond acceptors (Lipinski definition) is 6. The average molecular weight is 509 g/mol. The zero-order chi connectivity index (χ0) is 25.7. The van der Waals surface area contributed by atoms with Crippen LogP contribution >= 0.6 is 0 Å². The molecule has 36 heavy (non-hydrogen) atoms. The highest BCUT2D eigenvalue weighted by Crippen LogP contribution is 2.29. The molecule has 1 fully saturated rings. The van der Waals surface area contributed by atoms with E-state index in [4.69, 9.17) is 4.18 Å². The maximum Gasteiger partial charge on any atom is 0.296 e. The molecule has 0 bridgehead atoms. The second-order valence-corrected chi connectivity index (χ2v) is 10.5. The SMILES string of the molecule is Cc1ccc(S(=O)(=O)OCCCCCC#Cc2cccc3c2CN(C2CCC(=O)NC2=O)C3=O)cc1. The molecule has 188 valence electrons. The molecule has 0 radical (unpaired) electrons. The highest BCUT2D eigenvalue weighted by molar-refractivity contribution is 7.86. The van der Waals surface area contributed by atoms with Crippen molar-refractivity contribution in [1.29, 1.82) is 0 Å². The summed E-state index contributed by atoms with van der Waals surface area (Å²) in [6.07, 6.45) is 3.32. The fourth-order valence-electron chi connectivity index (χ4n) is 4.29. The van der Waals surface area contributed by atoms with Crippen LogP contribution in [0.25, 0.3) is 0 Å². The van der Waals surface area contributed by atoms with Gasteiger partial charge in [0.1, 0.15) is 6.04 Å². The number of fused-ring (bicyclic) bond motifs is 1. The molecule has 2 aliphatic rings. The lowest BCUT2D eigenvalue weighted by Crippen LogP contribution is -2.52. The number of benzene rings is 2. The van der Waals surface area contributed by atoms with Crippen molar-refractivity contribution in [3.8, 4) is 11.8 Å². The summed E-state index contributed by atoms with van der Waals surface area (Å²) in [6.45, 7) is 2.30. The number of unbranched alkanes of at least 4 members (excludes halogenated alkanes) is 3. The molecule has 0 spiro atoms. The Labute approximate surface area is 211 Å². The van der Waals surface area contributed by atoms with E-state index in [-0.39, 0.29) is 36.3 Å². The largest absolute Gasteiger partial charge is 0.322 e. The molecule has 8 nitrogen and oxygen atoms in total. The lowest BCUT2D eigenvalue weighted by Gasteiger charge is -2.29. The molecule has 1 N–H and O–H groups in total. The summed E-state index contributed by atoms with van der Waals surface area (Å²) in [4.78, 5) is 38.2. The molecule has 0 aromatic heterocycles. The van der Waals surface area contributed by atoms with Gasteiger partial charge in [-0.3, -0.25) is 23.9 Å². The fraction of sp³-hybridized carbons (Fsp3) is 0.370. The molecular weight excluding hydrogens is 480 g/mol. The van der Waals surface area contributed by atoms with Crippen LogP contribution in [0.3, 0.4) is 0 Å². The van der Waals surface area contributed by atoms with E-state index < -0.39 is 22.1 Å². The Bertz CT molecular complexity index is 1340. The van der Waals surface area contributed by atoms with Gasteiger partial charge in [-0.1, -0.05) is 42.0 Å². The highest BCUT2D eigenvalue weighted by Gasteiger charge is 2.39. The predicted molar refractivity (Wildman–Crippen MR) is 132 cm³/mol. The van der Waals surface area contributed by atoms with Gasteiger partial charge < -0.3 is 4.90 Å². The first kappa shape index (κ1) is 25.6. The molecule has 4 rings (SSSR count). The fourth-order valence-corrected chi connectivity index (χ4v) is 5.24. The summed E-state index contributed by atoms with van der Waals surface area (Å²) in [7, 11) is -3.74. The molecule has 0 saturated carbocycles. The summed E-state index contributed by atoms with van der Waals surface area (Å²) >= 11 is 0. The van der Waals surface area contributed by atoms with Crippen molar-refractivity contribution in [3.05, 3.63) is 64.7 Å². The first-order chi connectivity index (χ1) is 17.3. The Balaban J connectivity index is 1.25. The predicted octanol–water partition coefficient (Wildman–Crippen LogP) is 3.07. The summed E-state index contributed by atoms with van der Waals surface area (Å²) in [5.41, 5.74) is 3.07. The number of rotatable bonds is 8. The molecule has 2 heterocycles. The van der Waals surface area contributed by atoms with E-state index in [9.17, 15) is 22.8 Å². The van der Waals surface area contributed by atoms with E-state index in [0.29, 0.717) is 24.8 Å². The number of amides is 3. The van der Waals surface area contributed by atoms with Gasteiger partial charge in [-0.05, 0) is 56.0 Å². The van der Waals surface area contributed by atoms with Crippen LogP contribution < -0.4 is 5.32 Å². The molecule has 3 amide bonds. The molecule has 2 aromatic carbocycles. The highest BCUT2D eigenvalue weighted by atomic mass is 32.2. The third-order valence-electron chi connectivity index (χ3n) is 6.30. The first-order valence-corrected chi connectivity index (χ1v) is 13.4. The van der Waals surface area contributed by atoms with Crippen LogP contribution in [0.4, 0.5) is 0 Å². The summed E-state index contributed by atoms with van der Waals surface area (Å²) < 4.78 is 29.5. The molecule has 0 aliphatic carbocycles. The smallest absolute Gasteiger partial charge is 0.296 e.